The van der Waals surface area contributed by atoms with Crippen molar-refractivity contribution in [1.82, 2.24) is 0 Å². The SMILES string of the molecule is Clc1ccc([C@@H]2O[C@H](COCc3ccccc3)[C@@H](OCc3ccccc3)[C@H](OCc3ccccc3)[C@H]2OCc2ccccc2)cc1Cc1ccc2c(c1)CCC2. The first-order chi connectivity index (χ1) is 27.7. The van der Waals surface area contributed by atoms with Gasteiger partial charge in [-0.2, -0.15) is 0 Å². The van der Waals surface area contributed by atoms with Crippen molar-refractivity contribution in [3.05, 3.63) is 213 Å². The highest BCUT2D eigenvalue weighted by molar-refractivity contribution is 6.31. The molecule has 5 nitrogen and oxygen atoms in total. The van der Waals surface area contributed by atoms with Crippen LogP contribution in [-0.2, 0) is 69.4 Å². The highest BCUT2D eigenvalue weighted by Gasteiger charge is 2.49. The number of ether oxygens (including phenoxy) is 5. The molecular weight excluding hydrogens is 716 g/mol. The molecule has 0 bridgehead atoms. The minimum atomic E-state index is -0.529. The normalized spacial score (nSPS) is 20.5. The fraction of sp³-hybridized carbons (Fsp3) is 0.280. The van der Waals surface area contributed by atoms with Crippen LogP contribution in [0.15, 0.2) is 158 Å². The van der Waals surface area contributed by atoms with Gasteiger partial charge in [0.2, 0.25) is 0 Å². The lowest BCUT2D eigenvalue weighted by molar-refractivity contribution is -0.275. The van der Waals surface area contributed by atoms with E-state index in [1.165, 1.54) is 23.1 Å². The number of aryl methyl sites for hydroxylation is 2. The van der Waals surface area contributed by atoms with E-state index >= 15 is 0 Å². The summed E-state index contributed by atoms with van der Waals surface area (Å²) in [6.07, 6.45) is 1.72. The van der Waals surface area contributed by atoms with Gasteiger partial charge in [0.25, 0.3) is 0 Å². The Morgan fingerprint density at radius 1 is 0.500 bits per heavy atom. The summed E-state index contributed by atoms with van der Waals surface area (Å²) in [6, 6.07) is 54.1. The number of rotatable bonds is 16. The Kier molecular flexibility index (Phi) is 13.0. The Morgan fingerprint density at radius 2 is 1.04 bits per heavy atom. The van der Waals surface area contributed by atoms with Crippen LogP contribution in [0.25, 0.3) is 0 Å². The van der Waals surface area contributed by atoms with Gasteiger partial charge < -0.3 is 23.7 Å². The van der Waals surface area contributed by atoms with Gasteiger partial charge >= 0.3 is 0 Å². The minimum Gasteiger partial charge on any atom is -0.374 e. The van der Waals surface area contributed by atoms with Gasteiger partial charge in [0.1, 0.15) is 30.5 Å². The summed E-state index contributed by atoms with van der Waals surface area (Å²) in [7, 11) is 0. The van der Waals surface area contributed by atoms with Crippen LogP contribution in [-0.4, -0.2) is 31.0 Å². The first-order valence-corrected chi connectivity index (χ1v) is 20.2. The van der Waals surface area contributed by atoms with Gasteiger partial charge in [-0.25, -0.2) is 0 Å². The molecular formula is C50H49ClO5. The molecule has 0 amide bonds. The molecule has 0 spiro atoms. The van der Waals surface area contributed by atoms with Crippen LogP contribution in [0.2, 0.25) is 5.02 Å². The van der Waals surface area contributed by atoms with Gasteiger partial charge in [0.05, 0.1) is 33.0 Å². The Morgan fingerprint density at radius 3 is 1.64 bits per heavy atom. The molecule has 1 saturated heterocycles. The average Bonchev–Trinajstić information content (AvgIpc) is 3.72. The Balaban J connectivity index is 1.15. The highest BCUT2D eigenvalue weighted by atomic mass is 35.5. The molecule has 5 atom stereocenters. The van der Waals surface area contributed by atoms with Crippen LogP contribution in [0.1, 0.15) is 62.6 Å². The first kappa shape index (κ1) is 38.3. The molecule has 0 unspecified atom stereocenters. The summed E-state index contributed by atoms with van der Waals surface area (Å²) in [5.74, 6) is 0. The number of hydrogen-bond donors (Lipinski definition) is 0. The lowest BCUT2D eigenvalue weighted by Crippen LogP contribution is -2.58. The third-order valence-corrected chi connectivity index (χ3v) is 11.2. The first-order valence-electron chi connectivity index (χ1n) is 19.8. The number of halogens is 1. The largest absolute Gasteiger partial charge is 0.374 e. The van der Waals surface area contributed by atoms with Crippen LogP contribution in [0.3, 0.4) is 0 Å². The van der Waals surface area contributed by atoms with Gasteiger partial charge in [-0.3, -0.25) is 0 Å². The molecule has 0 radical (unpaired) electrons. The van der Waals surface area contributed by atoms with Crippen molar-refractivity contribution in [2.45, 2.75) is 82.6 Å². The minimum absolute atomic E-state index is 0.303. The zero-order valence-corrected chi connectivity index (χ0v) is 32.4. The Labute approximate surface area is 336 Å². The smallest absolute Gasteiger partial charge is 0.117 e. The molecule has 0 saturated carbocycles. The maximum absolute atomic E-state index is 7.20. The maximum Gasteiger partial charge on any atom is 0.117 e. The van der Waals surface area contributed by atoms with Crippen molar-refractivity contribution in [3.8, 4) is 0 Å². The van der Waals surface area contributed by atoms with Crippen LogP contribution >= 0.6 is 11.6 Å². The zero-order chi connectivity index (χ0) is 37.9. The van der Waals surface area contributed by atoms with Gasteiger partial charge in [-0.1, -0.05) is 163 Å². The number of benzene rings is 6. The summed E-state index contributed by atoms with van der Waals surface area (Å²) >= 11 is 6.97. The summed E-state index contributed by atoms with van der Waals surface area (Å²) in [5.41, 5.74) is 10.5. The van der Waals surface area contributed by atoms with E-state index in [-0.39, 0.29) is 0 Å². The Bertz CT molecular complexity index is 2110. The fourth-order valence-electron chi connectivity index (χ4n) is 7.92. The summed E-state index contributed by atoms with van der Waals surface area (Å²) in [6.45, 7) is 1.91. The molecule has 56 heavy (non-hydrogen) atoms. The van der Waals surface area contributed by atoms with E-state index in [0.29, 0.717) is 33.0 Å². The third-order valence-electron chi connectivity index (χ3n) is 10.8. The van der Waals surface area contributed by atoms with E-state index < -0.39 is 30.5 Å². The summed E-state index contributed by atoms with van der Waals surface area (Å²) in [4.78, 5) is 0. The highest BCUT2D eigenvalue weighted by Crippen LogP contribution is 2.40. The van der Waals surface area contributed by atoms with Crippen LogP contribution in [0.4, 0.5) is 0 Å². The van der Waals surface area contributed by atoms with Crippen molar-refractivity contribution >= 4 is 11.6 Å². The van der Waals surface area contributed by atoms with Gasteiger partial charge in [0.15, 0.2) is 0 Å². The summed E-state index contributed by atoms with van der Waals surface area (Å²) in [5, 5.41) is 0.732. The molecule has 1 heterocycles. The summed E-state index contributed by atoms with van der Waals surface area (Å²) < 4.78 is 34.5. The van der Waals surface area contributed by atoms with E-state index in [9.17, 15) is 0 Å². The van der Waals surface area contributed by atoms with E-state index in [1.807, 2.05) is 78.9 Å². The van der Waals surface area contributed by atoms with Gasteiger partial charge in [-0.05, 0) is 81.8 Å². The van der Waals surface area contributed by atoms with Crippen molar-refractivity contribution in [2.75, 3.05) is 6.61 Å². The predicted octanol–water partition coefficient (Wildman–Crippen LogP) is 10.8. The molecule has 0 aromatic heterocycles. The second-order valence-electron chi connectivity index (χ2n) is 14.9. The van der Waals surface area contributed by atoms with E-state index in [4.69, 9.17) is 35.3 Å². The standard InChI is InChI=1S/C50H49ClO5/c51-45-27-26-43(30-44(45)29-40-24-25-41-22-13-23-42(41)28-40)47-49(54-33-38-18-9-3-10-19-38)50(55-34-39-20-11-4-12-21-39)48(53-32-37-16-7-2-8-17-37)46(56-47)35-52-31-36-14-5-1-6-15-36/h1-12,14-21,24-28,30,46-50H,13,22-23,29,31-35H2/t46-,47+,48-,49+,50+/m1/s1. The zero-order valence-electron chi connectivity index (χ0n) is 31.7. The van der Waals surface area contributed by atoms with Crippen molar-refractivity contribution in [1.29, 1.82) is 0 Å². The molecule has 1 aliphatic carbocycles. The third kappa shape index (κ3) is 9.85. The van der Waals surface area contributed by atoms with Crippen LogP contribution in [0, 0.1) is 0 Å². The van der Waals surface area contributed by atoms with Gasteiger partial charge in [-0.15, -0.1) is 0 Å². The lowest BCUT2D eigenvalue weighted by atomic mass is 9.89. The molecule has 1 fully saturated rings. The lowest BCUT2D eigenvalue weighted by Gasteiger charge is -2.46. The average molecular weight is 765 g/mol. The Hall–Kier alpha value is -4.59. The van der Waals surface area contributed by atoms with Crippen LogP contribution in [0.5, 0.6) is 0 Å². The van der Waals surface area contributed by atoms with E-state index in [1.54, 1.807) is 0 Å². The maximum atomic E-state index is 7.20. The van der Waals surface area contributed by atoms with Crippen molar-refractivity contribution < 1.29 is 23.7 Å². The molecule has 8 rings (SSSR count). The monoisotopic (exact) mass is 764 g/mol. The molecule has 286 valence electrons. The predicted molar refractivity (Wildman–Crippen MR) is 221 cm³/mol. The van der Waals surface area contributed by atoms with Crippen molar-refractivity contribution in [3.63, 3.8) is 0 Å². The quantitative estimate of drug-likeness (QED) is 0.0982. The van der Waals surface area contributed by atoms with Gasteiger partial charge in [0, 0.05) is 5.02 Å². The molecule has 0 N–H and O–H groups in total. The topological polar surface area (TPSA) is 46.2 Å². The molecule has 6 aromatic carbocycles. The van der Waals surface area contributed by atoms with Crippen molar-refractivity contribution in [2.24, 2.45) is 0 Å². The fourth-order valence-corrected chi connectivity index (χ4v) is 8.10. The second-order valence-corrected chi connectivity index (χ2v) is 15.3. The van der Waals surface area contributed by atoms with E-state index in [0.717, 1.165) is 57.7 Å². The van der Waals surface area contributed by atoms with Crippen LogP contribution < -0.4 is 0 Å². The second kappa shape index (κ2) is 19.0. The molecule has 6 aromatic rings. The number of hydrogen-bond acceptors (Lipinski definition) is 5. The molecule has 2 aliphatic rings. The molecule has 6 heteroatoms. The molecule has 1 aliphatic heterocycles. The number of fused-ring (bicyclic) bond motifs is 1. The van der Waals surface area contributed by atoms with E-state index in [2.05, 4.69) is 78.9 Å².